The highest BCUT2D eigenvalue weighted by Crippen LogP contribution is 2.33. The van der Waals surface area contributed by atoms with Crippen molar-refractivity contribution in [3.05, 3.63) is 53.2 Å². The van der Waals surface area contributed by atoms with Gasteiger partial charge in [-0.05, 0) is 36.2 Å². The number of anilines is 1. The van der Waals surface area contributed by atoms with E-state index in [1.54, 1.807) is 31.6 Å². The maximum atomic E-state index is 12.5. The number of aromatic hydroxyl groups is 1. The molecule has 0 radical (unpaired) electrons. The summed E-state index contributed by atoms with van der Waals surface area (Å²) in [5.41, 5.74) is 2.39. The SMILES string of the molecule is CCc1ccc(NC(=O)c2sc(-c3cccnc3)nc2O)c(OC)c1. The minimum atomic E-state index is -0.437. The number of methoxy groups -OCH3 is 1. The van der Waals surface area contributed by atoms with Crippen LogP contribution in [0.25, 0.3) is 10.6 Å². The first-order valence-electron chi connectivity index (χ1n) is 7.70. The predicted octanol–water partition coefficient (Wildman–Crippen LogP) is 3.73. The number of benzene rings is 1. The molecule has 1 amide bonds. The number of ether oxygens (including phenoxy) is 1. The Hall–Kier alpha value is -2.93. The van der Waals surface area contributed by atoms with E-state index < -0.39 is 5.91 Å². The quantitative estimate of drug-likeness (QED) is 0.728. The van der Waals surface area contributed by atoms with E-state index >= 15 is 0 Å². The zero-order valence-corrected chi connectivity index (χ0v) is 14.6. The van der Waals surface area contributed by atoms with E-state index in [2.05, 4.69) is 15.3 Å². The van der Waals surface area contributed by atoms with Gasteiger partial charge in [0.1, 0.15) is 10.8 Å². The fourth-order valence-corrected chi connectivity index (χ4v) is 3.16. The third-order valence-electron chi connectivity index (χ3n) is 3.65. The minimum Gasteiger partial charge on any atom is -0.495 e. The lowest BCUT2D eigenvalue weighted by Gasteiger charge is -2.10. The molecule has 0 aliphatic heterocycles. The van der Waals surface area contributed by atoms with Crippen LogP contribution >= 0.6 is 11.3 Å². The van der Waals surface area contributed by atoms with Gasteiger partial charge < -0.3 is 15.2 Å². The molecule has 0 aliphatic carbocycles. The number of nitrogens with one attached hydrogen (secondary N) is 1. The molecule has 0 saturated heterocycles. The van der Waals surface area contributed by atoms with Gasteiger partial charge in [0, 0.05) is 18.0 Å². The molecular weight excluding hydrogens is 338 g/mol. The van der Waals surface area contributed by atoms with Gasteiger partial charge in [0.25, 0.3) is 5.91 Å². The number of nitrogens with zero attached hydrogens (tertiary/aromatic N) is 2. The standard InChI is InChI=1S/C18H17N3O3S/c1-3-11-6-7-13(14(9-11)24-2)20-16(22)15-17(23)21-18(25-15)12-5-4-8-19-10-12/h4-10,23H,3H2,1-2H3,(H,20,22). The number of aryl methyl sites for hydroxylation is 1. The summed E-state index contributed by atoms with van der Waals surface area (Å²) in [6, 6.07) is 9.18. The third kappa shape index (κ3) is 3.61. The molecular formula is C18H17N3O3S. The monoisotopic (exact) mass is 355 g/mol. The second kappa shape index (κ2) is 7.31. The van der Waals surface area contributed by atoms with Gasteiger partial charge in [-0.3, -0.25) is 9.78 Å². The van der Waals surface area contributed by atoms with Crippen LogP contribution in [-0.2, 0) is 6.42 Å². The van der Waals surface area contributed by atoms with Crippen LogP contribution in [0, 0.1) is 0 Å². The van der Waals surface area contributed by atoms with Gasteiger partial charge in [-0.2, -0.15) is 0 Å². The van der Waals surface area contributed by atoms with Gasteiger partial charge >= 0.3 is 0 Å². The molecule has 3 rings (SSSR count). The Balaban J connectivity index is 1.86. The first-order valence-corrected chi connectivity index (χ1v) is 8.52. The van der Waals surface area contributed by atoms with Crippen molar-refractivity contribution in [3.63, 3.8) is 0 Å². The largest absolute Gasteiger partial charge is 0.495 e. The number of aromatic nitrogens is 2. The molecule has 1 aromatic carbocycles. The molecule has 0 aliphatic rings. The fraction of sp³-hybridized carbons (Fsp3) is 0.167. The van der Waals surface area contributed by atoms with Crippen LogP contribution in [0.4, 0.5) is 5.69 Å². The molecule has 0 bridgehead atoms. The van der Waals surface area contributed by atoms with E-state index in [1.165, 1.54) is 0 Å². The lowest BCUT2D eigenvalue weighted by molar-refractivity contribution is 0.102. The molecule has 6 nitrogen and oxygen atoms in total. The summed E-state index contributed by atoms with van der Waals surface area (Å²) in [5.74, 6) is -0.164. The number of amides is 1. The number of carbonyl (C=O) groups is 1. The van der Waals surface area contributed by atoms with Crippen molar-refractivity contribution in [2.24, 2.45) is 0 Å². The highest BCUT2D eigenvalue weighted by atomic mass is 32.1. The first kappa shape index (κ1) is 16.9. The summed E-state index contributed by atoms with van der Waals surface area (Å²) in [6.07, 6.45) is 4.15. The molecule has 7 heteroatoms. The third-order valence-corrected chi connectivity index (χ3v) is 4.74. The van der Waals surface area contributed by atoms with Crippen molar-refractivity contribution in [1.82, 2.24) is 9.97 Å². The van der Waals surface area contributed by atoms with Crippen molar-refractivity contribution in [2.45, 2.75) is 13.3 Å². The Kier molecular flexibility index (Phi) is 4.95. The van der Waals surface area contributed by atoms with Crippen molar-refractivity contribution in [1.29, 1.82) is 0 Å². The second-order valence-electron chi connectivity index (χ2n) is 5.26. The maximum absolute atomic E-state index is 12.5. The molecule has 2 heterocycles. The van der Waals surface area contributed by atoms with Crippen LogP contribution < -0.4 is 10.1 Å². The average molecular weight is 355 g/mol. The van der Waals surface area contributed by atoms with Crippen molar-refractivity contribution in [3.8, 4) is 22.2 Å². The summed E-state index contributed by atoms with van der Waals surface area (Å²) in [7, 11) is 1.55. The number of carbonyl (C=O) groups excluding carboxylic acids is 1. The Morgan fingerprint density at radius 1 is 1.36 bits per heavy atom. The first-order chi connectivity index (χ1) is 12.1. The second-order valence-corrected chi connectivity index (χ2v) is 6.25. The average Bonchev–Trinajstić information content (AvgIpc) is 3.04. The van der Waals surface area contributed by atoms with Crippen LogP contribution in [0.3, 0.4) is 0 Å². The van der Waals surface area contributed by atoms with Crippen LogP contribution in [0.5, 0.6) is 11.6 Å². The Morgan fingerprint density at radius 3 is 2.88 bits per heavy atom. The Labute approximate surface area is 149 Å². The normalized spacial score (nSPS) is 10.5. The molecule has 0 saturated carbocycles. The molecule has 25 heavy (non-hydrogen) atoms. The van der Waals surface area contributed by atoms with Gasteiger partial charge in [-0.1, -0.05) is 13.0 Å². The highest BCUT2D eigenvalue weighted by Gasteiger charge is 2.20. The van der Waals surface area contributed by atoms with Crippen LogP contribution in [0.1, 0.15) is 22.2 Å². The molecule has 0 spiro atoms. The number of hydrogen-bond donors (Lipinski definition) is 2. The van der Waals surface area contributed by atoms with E-state index in [4.69, 9.17) is 4.74 Å². The van der Waals surface area contributed by atoms with Gasteiger partial charge in [-0.25, -0.2) is 4.98 Å². The summed E-state index contributed by atoms with van der Waals surface area (Å²) >= 11 is 1.11. The fourth-order valence-electron chi connectivity index (χ4n) is 2.31. The number of hydrogen-bond acceptors (Lipinski definition) is 6. The topological polar surface area (TPSA) is 84.3 Å². The summed E-state index contributed by atoms with van der Waals surface area (Å²) in [6.45, 7) is 2.04. The maximum Gasteiger partial charge on any atom is 0.271 e. The molecule has 2 aromatic heterocycles. The highest BCUT2D eigenvalue weighted by molar-refractivity contribution is 7.17. The smallest absolute Gasteiger partial charge is 0.271 e. The lowest BCUT2D eigenvalue weighted by Crippen LogP contribution is -2.11. The lowest BCUT2D eigenvalue weighted by atomic mass is 10.1. The van der Waals surface area contributed by atoms with Crippen LogP contribution in [-0.4, -0.2) is 28.1 Å². The predicted molar refractivity (Wildman–Crippen MR) is 97.3 cm³/mol. The van der Waals surface area contributed by atoms with E-state index in [9.17, 15) is 9.90 Å². The Bertz CT molecular complexity index is 894. The van der Waals surface area contributed by atoms with Gasteiger partial charge in [-0.15, -0.1) is 11.3 Å². The summed E-state index contributed by atoms with van der Waals surface area (Å²) in [4.78, 5) is 20.7. The molecule has 128 valence electrons. The number of pyridine rings is 1. The zero-order chi connectivity index (χ0) is 17.8. The van der Waals surface area contributed by atoms with E-state index in [0.29, 0.717) is 16.4 Å². The van der Waals surface area contributed by atoms with Crippen molar-refractivity contribution in [2.75, 3.05) is 12.4 Å². The van der Waals surface area contributed by atoms with Crippen molar-refractivity contribution < 1.29 is 14.6 Å². The van der Waals surface area contributed by atoms with Crippen LogP contribution in [0.15, 0.2) is 42.7 Å². The van der Waals surface area contributed by atoms with Gasteiger partial charge in [0.05, 0.1) is 12.8 Å². The van der Waals surface area contributed by atoms with Crippen LogP contribution in [0.2, 0.25) is 0 Å². The van der Waals surface area contributed by atoms with Gasteiger partial charge in [0.2, 0.25) is 5.88 Å². The van der Waals surface area contributed by atoms with Gasteiger partial charge in [0.15, 0.2) is 4.88 Å². The number of rotatable bonds is 5. The van der Waals surface area contributed by atoms with E-state index in [0.717, 1.165) is 28.9 Å². The van der Waals surface area contributed by atoms with Crippen molar-refractivity contribution >= 4 is 22.9 Å². The minimum absolute atomic E-state index is 0.139. The zero-order valence-electron chi connectivity index (χ0n) is 13.8. The molecule has 0 unspecified atom stereocenters. The summed E-state index contributed by atoms with van der Waals surface area (Å²) in [5, 5.41) is 13.3. The number of thiazole rings is 1. The molecule has 0 atom stereocenters. The molecule has 3 aromatic rings. The molecule has 0 fully saturated rings. The van der Waals surface area contributed by atoms with E-state index in [-0.39, 0.29) is 10.8 Å². The molecule has 2 N–H and O–H groups in total. The van der Waals surface area contributed by atoms with E-state index in [1.807, 2.05) is 25.1 Å². The summed E-state index contributed by atoms with van der Waals surface area (Å²) < 4.78 is 5.33. The Morgan fingerprint density at radius 2 is 2.20 bits per heavy atom.